The van der Waals surface area contributed by atoms with Gasteiger partial charge in [-0.25, -0.2) is 9.67 Å². The highest BCUT2D eigenvalue weighted by atomic mass is 32.1. The molecule has 0 aliphatic carbocycles. The van der Waals surface area contributed by atoms with Gasteiger partial charge in [0.25, 0.3) is 0 Å². The van der Waals surface area contributed by atoms with Crippen molar-refractivity contribution in [2.75, 3.05) is 0 Å². The highest BCUT2D eigenvalue weighted by Gasteiger charge is 1.96. The van der Waals surface area contributed by atoms with Crippen molar-refractivity contribution in [3.8, 4) is 5.82 Å². The average molecular weight is 192 g/mol. The molecule has 2 aromatic heterocycles. The van der Waals surface area contributed by atoms with E-state index in [2.05, 4.69) is 15.1 Å². The Bertz CT molecular complexity index is 471. The van der Waals surface area contributed by atoms with Gasteiger partial charge in [0.2, 0.25) is 0 Å². The zero-order chi connectivity index (χ0) is 9.26. The molecule has 1 N–H and O–H groups in total. The molecule has 4 nitrogen and oxygen atoms in total. The standard InChI is InChI=1S/C8H8N4S/c1-6-2-3-12(11-6)7-4-8(13)10-5-9-7/h2-5H,1H3,(H,9,10,13). The third-order valence-corrected chi connectivity index (χ3v) is 1.86. The Hall–Kier alpha value is -1.49. The predicted octanol–water partition coefficient (Wildman–Crippen LogP) is 1.63. The lowest BCUT2D eigenvalue weighted by Gasteiger charge is -1.98. The van der Waals surface area contributed by atoms with Gasteiger partial charge in [-0.2, -0.15) is 5.10 Å². The summed E-state index contributed by atoms with van der Waals surface area (Å²) in [5.74, 6) is 0.827. The Kier molecular flexibility index (Phi) is 1.94. The smallest absolute Gasteiger partial charge is 0.135 e. The highest BCUT2D eigenvalue weighted by molar-refractivity contribution is 7.71. The van der Waals surface area contributed by atoms with Gasteiger partial charge in [-0.15, -0.1) is 0 Å². The van der Waals surface area contributed by atoms with Crippen LogP contribution in [0.4, 0.5) is 0 Å². The molecule has 66 valence electrons. The lowest BCUT2D eigenvalue weighted by atomic mass is 10.5. The van der Waals surface area contributed by atoms with Crippen LogP contribution >= 0.6 is 12.2 Å². The number of hydrogen-bond donors (Lipinski definition) is 1. The van der Waals surface area contributed by atoms with Crippen molar-refractivity contribution >= 4 is 12.2 Å². The van der Waals surface area contributed by atoms with Crippen LogP contribution in [0.5, 0.6) is 0 Å². The number of nitrogens with zero attached hydrogens (tertiary/aromatic N) is 3. The fourth-order valence-electron chi connectivity index (χ4n) is 1.04. The summed E-state index contributed by atoms with van der Waals surface area (Å²) in [5, 5.41) is 4.23. The summed E-state index contributed by atoms with van der Waals surface area (Å²) in [6.07, 6.45) is 3.44. The van der Waals surface area contributed by atoms with Crippen molar-refractivity contribution in [1.29, 1.82) is 0 Å². The van der Waals surface area contributed by atoms with Gasteiger partial charge in [-0.1, -0.05) is 12.2 Å². The molecule has 0 saturated carbocycles. The summed E-state index contributed by atoms with van der Waals surface area (Å²) >= 11 is 4.93. The first kappa shape index (κ1) is 8.12. The van der Waals surface area contributed by atoms with E-state index < -0.39 is 0 Å². The van der Waals surface area contributed by atoms with E-state index in [1.807, 2.05) is 19.2 Å². The molecule has 13 heavy (non-hydrogen) atoms. The summed E-state index contributed by atoms with van der Waals surface area (Å²) < 4.78 is 2.29. The molecule has 0 aromatic carbocycles. The van der Waals surface area contributed by atoms with Crippen LogP contribution in [0.1, 0.15) is 5.69 Å². The molecule has 0 unspecified atom stereocenters. The third kappa shape index (κ3) is 1.65. The van der Waals surface area contributed by atoms with E-state index in [9.17, 15) is 0 Å². The Morgan fingerprint density at radius 2 is 2.38 bits per heavy atom. The number of nitrogens with one attached hydrogen (secondary N) is 1. The average Bonchev–Trinajstić information content (AvgIpc) is 2.52. The van der Waals surface area contributed by atoms with E-state index in [-0.39, 0.29) is 0 Å². The maximum absolute atomic E-state index is 4.93. The SMILES string of the molecule is Cc1ccn(-c2cc(=S)nc[nH]2)n1. The van der Waals surface area contributed by atoms with E-state index >= 15 is 0 Å². The minimum Gasteiger partial charge on any atom is -0.331 e. The lowest BCUT2D eigenvalue weighted by molar-refractivity contribution is 0.824. The molecule has 0 atom stereocenters. The molecule has 0 saturated heterocycles. The van der Waals surface area contributed by atoms with E-state index in [1.165, 1.54) is 0 Å². The molecule has 0 radical (unpaired) electrons. The van der Waals surface area contributed by atoms with Gasteiger partial charge in [-0.05, 0) is 13.0 Å². The molecule has 0 bridgehead atoms. The number of H-pyrrole nitrogens is 1. The first-order chi connectivity index (χ1) is 6.25. The monoisotopic (exact) mass is 192 g/mol. The van der Waals surface area contributed by atoms with Crippen LogP contribution in [0.2, 0.25) is 0 Å². The Morgan fingerprint density at radius 1 is 1.54 bits per heavy atom. The minimum atomic E-state index is 0.557. The fraction of sp³-hybridized carbons (Fsp3) is 0.125. The number of hydrogen-bond acceptors (Lipinski definition) is 3. The zero-order valence-corrected chi connectivity index (χ0v) is 7.88. The second-order valence-electron chi connectivity index (χ2n) is 2.67. The van der Waals surface area contributed by atoms with Crippen LogP contribution in [0.15, 0.2) is 24.7 Å². The first-order valence-electron chi connectivity index (χ1n) is 3.83. The van der Waals surface area contributed by atoms with Crippen LogP contribution < -0.4 is 0 Å². The van der Waals surface area contributed by atoms with E-state index in [1.54, 1.807) is 17.1 Å². The molecule has 2 heterocycles. The summed E-state index contributed by atoms with van der Waals surface area (Å²) in [4.78, 5) is 6.85. The molecule has 2 rings (SSSR count). The fourth-order valence-corrected chi connectivity index (χ4v) is 1.20. The van der Waals surface area contributed by atoms with Gasteiger partial charge >= 0.3 is 0 Å². The zero-order valence-electron chi connectivity index (χ0n) is 7.06. The molecule has 0 amide bonds. The van der Waals surface area contributed by atoms with E-state index in [0.29, 0.717) is 4.64 Å². The third-order valence-electron chi connectivity index (χ3n) is 1.63. The molecular formula is C8H8N4S. The van der Waals surface area contributed by atoms with Gasteiger partial charge in [-0.3, -0.25) is 0 Å². The second kappa shape index (κ2) is 3.10. The first-order valence-corrected chi connectivity index (χ1v) is 4.24. The summed E-state index contributed by atoms with van der Waals surface area (Å²) in [6, 6.07) is 3.69. The second-order valence-corrected chi connectivity index (χ2v) is 3.09. The maximum Gasteiger partial charge on any atom is 0.135 e. The van der Waals surface area contributed by atoms with Crippen molar-refractivity contribution in [3.05, 3.63) is 35.0 Å². The van der Waals surface area contributed by atoms with Crippen molar-refractivity contribution in [3.63, 3.8) is 0 Å². The summed E-state index contributed by atoms with van der Waals surface area (Å²) in [7, 11) is 0. The normalized spacial score (nSPS) is 10.2. The Balaban J connectivity index is 2.52. The quantitative estimate of drug-likeness (QED) is 0.698. The maximum atomic E-state index is 4.93. The van der Waals surface area contributed by atoms with E-state index in [0.717, 1.165) is 11.5 Å². The Labute approximate surface area is 80.3 Å². The lowest BCUT2D eigenvalue weighted by Crippen LogP contribution is -1.98. The van der Waals surface area contributed by atoms with Crippen molar-refractivity contribution in [2.24, 2.45) is 0 Å². The number of aromatic amines is 1. The molecule has 0 spiro atoms. The number of rotatable bonds is 1. The van der Waals surface area contributed by atoms with Crippen LogP contribution in [0.3, 0.4) is 0 Å². The minimum absolute atomic E-state index is 0.557. The number of aromatic nitrogens is 4. The predicted molar refractivity (Wildman–Crippen MR) is 51.3 cm³/mol. The van der Waals surface area contributed by atoms with Crippen molar-refractivity contribution in [1.82, 2.24) is 19.7 Å². The molecular weight excluding hydrogens is 184 g/mol. The van der Waals surface area contributed by atoms with Crippen molar-refractivity contribution < 1.29 is 0 Å². The molecule has 2 aromatic rings. The number of aryl methyl sites for hydroxylation is 1. The molecule has 5 heteroatoms. The Morgan fingerprint density at radius 3 is 3.00 bits per heavy atom. The summed E-state index contributed by atoms with van der Waals surface area (Å²) in [5.41, 5.74) is 0.969. The highest BCUT2D eigenvalue weighted by Crippen LogP contribution is 2.02. The molecule has 0 aliphatic rings. The topological polar surface area (TPSA) is 46.5 Å². The van der Waals surface area contributed by atoms with Gasteiger partial charge in [0.05, 0.1) is 12.0 Å². The molecule has 0 aliphatic heterocycles. The summed E-state index contributed by atoms with van der Waals surface area (Å²) in [6.45, 7) is 1.94. The van der Waals surface area contributed by atoms with Gasteiger partial charge in [0.15, 0.2) is 0 Å². The van der Waals surface area contributed by atoms with Crippen LogP contribution in [-0.4, -0.2) is 19.7 Å². The van der Waals surface area contributed by atoms with Crippen LogP contribution in [0.25, 0.3) is 5.82 Å². The van der Waals surface area contributed by atoms with Gasteiger partial charge < -0.3 is 4.98 Å². The largest absolute Gasteiger partial charge is 0.331 e. The van der Waals surface area contributed by atoms with Crippen LogP contribution in [-0.2, 0) is 0 Å². The van der Waals surface area contributed by atoms with Gasteiger partial charge in [0, 0.05) is 12.3 Å². The van der Waals surface area contributed by atoms with Gasteiger partial charge in [0.1, 0.15) is 10.5 Å². The molecule has 0 fully saturated rings. The van der Waals surface area contributed by atoms with E-state index in [4.69, 9.17) is 12.2 Å². The van der Waals surface area contributed by atoms with Crippen LogP contribution in [0, 0.1) is 11.6 Å². The van der Waals surface area contributed by atoms with Crippen molar-refractivity contribution in [2.45, 2.75) is 6.92 Å².